The van der Waals surface area contributed by atoms with Gasteiger partial charge in [-0.15, -0.1) is 0 Å². The highest BCUT2D eigenvalue weighted by Crippen LogP contribution is 2.38. The summed E-state index contributed by atoms with van der Waals surface area (Å²) in [4.78, 5) is 36.5. The highest BCUT2D eigenvalue weighted by atomic mass is 19.3. The third kappa shape index (κ3) is 5.25. The van der Waals surface area contributed by atoms with Crippen LogP contribution in [0.5, 0.6) is 0 Å². The normalized spacial score (nSPS) is 14.0. The summed E-state index contributed by atoms with van der Waals surface area (Å²) in [6.07, 6.45) is 4.64. The number of aromatic nitrogens is 4. The van der Waals surface area contributed by atoms with Crippen molar-refractivity contribution in [2.45, 2.75) is 45.2 Å². The van der Waals surface area contributed by atoms with Crippen molar-refractivity contribution in [2.24, 2.45) is 5.92 Å². The smallest absolute Gasteiger partial charge is 0.293 e. The van der Waals surface area contributed by atoms with Crippen LogP contribution in [0, 0.1) is 12.8 Å². The summed E-state index contributed by atoms with van der Waals surface area (Å²) in [5.41, 5.74) is 2.23. The Kier molecular flexibility index (Phi) is 5.71. The van der Waals surface area contributed by atoms with Crippen molar-refractivity contribution in [1.29, 1.82) is 0 Å². The summed E-state index contributed by atoms with van der Waals surface area (Å²) < 4.78 is 29.2. The summed E-state index contributed by atoms with van der Waals surface area (Å²) in [7, 11) is 0. The highest BCUT2D eigenvalue weighted by Gasteiger charge is 2.37. The van der Waals surface area contributed by atoms with E-state index in [1.165, 1.54) is 10.8 Å². The van der Waals surface area contributed by atoms with E-state index in [4.69, 9.17) is 0 Å². The van der Waals surface area contributed by atoms with E-state index in [9.17, 15) is 18.4 Å². The number of amides is 1. The van der Waals surface area contributed by atoms with E-state index in [0.29, 0.717) is 11.4 Å². The molecule has 0 saturated heterocycles. The van der Waals surface area contributed by atoms with Gasteiger partial charge in [-0.05, 0) is 43.9 Å². The van der Waals surface area contributed by atoms with Crippen LogP contribution in [0.2, 0.25) is 0 Å². The number of hydrogen-bond donors (Lipinski definition) is 3. The van der Waals surface area contributed by atoms with Gasteiger partial charge in [-0.2, -0.15) is 0 Å². The first-order chi connectivity index (χ1) is 14.8. The largest absolute Gasteiger partial charge is 0.360 e. The average Bonchev–Trinajstić information content (AvgIpc) is 3.40. The fraction of sp³-hybridized carbons (Fsp3) is 0.429. The molecule has 1 aliphatic carbocycles. The lowest BCUT2D eigenvalue weighted by Gasteiger charge is -2.17. The maximum atomic E-state index is 14.0. The Hall–Kier alpha value is -3.30. The van der Waals surface area contributed by atoms with E-state index in [1.54, 1.807) is 19.2 Å². The molecule has 1 saturated carbocycles. The molecule has 31 heavy (non-hydrogen) atoms. The van der Waals surface area contributed by atoms with Gasteiger partial charge < -0.3 is 15.6 Å². The van der Waals surface area contributed by atoms with Gasteiger partial charge in [0.2, 0.25) is 5.91 Å². The number of fused-ring (bicyclic) bond motifs is 1. The van der Waals surface area contributed by atoms with Crippen LogP contribution in [-0.2, 0) is 17.9 Å². The number of hydrogen-bond acceptors (Lipinski definition) is 5. The lowest BCUT2D eigenvalue weighted by molar-refractivity contribution is -0.121. The zero-order chi connectivity index (χ0) is 22.0. The number of anilines is 1. The summed E-state index contributed by atoms with van der Waals surface area (Å²) in [6.45, 7) is 0.937. The van der Waals surface area contributed by atoms with Gasteiger partial charge in [0, 0.05) is 24.5 Å². The number of H-pyrrole nitrogens is 1. The second-order valence-corrected chi connectivity index (χ2v) is 7.99. The number of rotatable bonds is 9. The fourth-order valence-electron chi connectivity index (χ4n) is 3.38. The Morgan fingerprint density at radius 3 is 2.90 bits per heavy atom. The fourth-order valence-corrected chi connectivity index (χ4v) is 3.38. The predicted octanol–water partition coefficient (Wildman–Crippen LogP) is 2.59. The van der Waals surface area contributed by atoms with E-state index in [1.807, 2.05) is 12.1 Å². The second-order valence-electron chi connectivity index (χ2n) is 7.99. The second kappa shape index (κ2) is 8.44. The zero-order valence-electron chi connectivity index (χ0n) is 17.1. The van der Waals surface area contributed by atoms with Crippen molar-refractivity contribution >= 4 is 22.8 Å². The van der Waals surface area contributed by atoms with Crippen molar-refractivity contribution in [3.05, 3.63) is 52.3 Å². The van der Waals surface area contributed by atoms with Crippen LogP contribution >= 0.6 is 0 Å². The minimum Gasteiger partial charge on any atom is -0.360 e. The topological polar surface area (TPSA) is 105 Å². The van der Waals surface area contributed by atoms with Crippen LogP contribution in [0.15, 0.2) is 35.4 Å². The van der Waals surface area contributed by atoms with Gasteiger partial charge in [0.25, 0.3) is 11.5 Å². The lowest BCUT2D eigenvalue weighted by Crippen LogP contribution is -2.36. The van der Waals surface area contributed by atoms with E-state index >= 15 is 0 Å². The van der Waals surface area contributed by atoms with Gasteiger partial charge in [-0.3, -0.25) is 14.2 Å². The third-order valence-corrected chi connectivity index (χ3v) is 5.28. The Morgan fingerprint density at radius 1 is 1.32 bits per heavy atom. The van der Waals surface area contributed by atoms with E-state index in [0.717, 1.165) is 23.9 Å². The molecule has 3 aromatic heterocycles. The first-order valence-corrected chi connectivity index (χ1v) is 10.2. The molecule has 164 valence electrons. The summed E-state index contributed by atoms with van der Waals surface area (Å²) in [5.74, 6) is -3.42. The molecule has 0 aliphatic heterocycles. The molecule has 0 unspecified atom stereocenters. The number of pyridine rings is 1. The van der Waals surface area contributed by atoms with Gasteiger partial charge in [-0.1, -0.05) is 0 Å². The first kappa shape index (κ1) is 21.0. The number of aromatic amines is 1. The molecule has 10 heteroatoms. The molecular weight excluding hydrogens is 406 g/mol. The van der Waals surface area contributed by atoms with Crippen LogP contribution in [0.4, 0.5) is 14.6 Å². The Balaban J connectivity index is 1.38. The first-order valence-electron chi connectivity index (χ1n) is 10.2. The lowest BCUT2D eigenvalue weighted by atomic mass is 10.1. The molecule has 0 atom stereocenters. The average molecular weight is 430 g/mol. The standard InChI is InChI=1S/C21H24F2N6O2/c1-13-9-26-19(27-12-21(22,23)8-14-2-3-14)20(31)29(13)11-18(30)25-10-15-4-5-16-17(28-15)6-7-24-16/h4-7,9,14,24H,2-3,8,10-12H2,1H3,(H,25,30)(H,26,27). The van der Waals surface area contributed by atoms with Crippen LogP contribution in [0.3, 0.4) is 0 Å². The van der Waals surface area contributed by atoms with E-state index in [-0.39, 0.29) is 31.2 Å². The molecule has 4 rings (SSSR count). The van der Waals surface area contributed by atoms with Gasteiger partial charge in [0.05, 0.1) is 29.8 Å². The van der Waals surface area contributed by atoms with E-state index in [2.05, 4.69) is 25.6 Å². The number of aryl methyl sites for hydroxylation is 1. The molecule has 3 aromatic rings. The molecule has 1 aliphatic rings. The van der Waals surface area contributed by atoms with Crippen LogP contribution in [-0.4, -0.2) is 37.9 Å². The van der Waals surface area contributed by atoms with Crippen molar-refractivity contribution in [2.75, 3.05) is 11.9 Å². The quantitative estimate of drug-likeness (QED) is 0.484. The van der Waals surface area contributed by atoms with Crippen molar-refractivity contribution in [1.82, 2.24) is 24.8 Å². The van der Waals surface area contributed by atoms with E-state index < -0.39 is 23.9 Å². The molecule has 1 amide bonds. The maximum Gasteiger partial charge on any atom is 0.293 e. The minimum absolute atomic E-state index is 0.0653. The molecule has 3 N–H and O–H groups in total. The summed E-state index contributed by atoms with van der Waals surface area (Å²) >= 11 is 0. The van der Waals surface area contributed by atoms with Crippen molar-refractivity contribution < 1.29 is 13.6 Å². The zero-order valence-corrected chi connectivity index (χ0v) is 17.1. The molecule has 8 nitrogen and oxygen atoms in total. The van der Waals surface area contributed by atoms with Gasteiger partial charge in [0.1, 0.15) is 6.54 Å². The van der Waals surface area contributed by atoms with Crippen LogP contribution in [0.1, 0.15) is 30.7 Å². The highest BCUT2D eigenvalue weighted by molar-refractivity contribution is 5.76. The molecule has 0 bridgehead atoms. The van der Waals surface area contributed by atoms with Crippen LogP contribution < -0.4 is 16.2 Å². The third-order valence-electron chi connectivity index (χ3n) is 5.28. The van der Waals surface area contributed by atoms with Crippen molar-refractivity contribution in [3.63, 3.8) is 0 Å². The number of alkyl halides is 2. The van der Waals surface area contributed by atoms with Gasteiger partial charge in [0.15, 0.2) is 5.82 Å². The number of carbonyl (C=O) groups excluding carboxylic acids is 1. The van der Waals surface area contributed by atoms with Gasteiger partial charge in [-0.25, -0.2) is 18.7 Å². The number of carbonyl (C=O) groups is 1. The Bertz CT molecular complexity index is 1150. The van der Waals surface area contributed by atoms with Crippen LogP contribution in [0.25, 0.3) is 11.0 Å². The monoisotopic (exact) mass is 430 g/mol. The molecule has 0 aromatic carbocycles. The SMILES string of the molecule is Cc1cnc(NCC(F)(F)CC2CC2)c(=O)n1CC(=O)NCc1ccc2[nH]ccc2n1. The minimum atomic E-state index is -2.91. The summed E-state index contributed by atoms with van der Waals surface area (Å²) in [5, 5.41) is 5.19. The van der Waals surface area contributed by atoms with Gasteiger partial charge >= 0.3 is 0 Å². The summed E-state index contributed by atoms with van der Waals surface area (Å²) in [6, 6.07) is 5.51. The molecule has 3 heterocycles. The molecule has 0 radical (unpaired) electrons. The molecular formula is C21H24F2N6O2. The predicted molar refractivity (Wildman–Crippen MR) is 112 cm³/mol. The molecule has 0 spiro atoms. The molecule has 1 fully saturated rings. The Labute approximate surface area is 177 Å². The Morgan fingerprint density at radius 2 is 2.13 bits per heavy atom. The number of halogens is 2. The number of nitrogens with zero attached hydrogens (tertiary/aromatic N) is 3. The van der Waals surface area contributed by atoms with Crippen molar-refractivity contribution in [3.8, 4) is 0 Å². The maximum absolute atomic E-state index is 14.0. The number of nitrogens with one attached hydrogen (secondary N) is 3.